The van der Waals surface area contributed by atoms with Gasteiger partial charge in [0.25, 0.3) is 0 Å². The van der Waals surface area contributed by atoms with Crippen molar-refractivity contribution in [2.24, 2.45) is 5.73 Å². The average molecular weight is 285 g/mol. The zero-order valence-electron chi connectivity index (χ0n) is 12.7. The molecule has 21 heavy (non-hydrogen) atoms. The van der Waals surface area contributed by atoms with Crippen molar-refractivity contribution in [3.8, 4) is 0 Å². The highest BCUT2D eigenvalue weighted by atomic mass is 16.5. The van der Waals surface area contributed by atoms with Gasteiger partial charge in [-0.2, -0.15) is 0 Å². The van der Waals surface area contributed by atoms with Crippen LogP contribution in [0.3, 0.4) is 0 Å². The molecule has 0 bridgehead atoms. The first-order valence-corrected chi connectivity index (χ1v) is 7.61. The van der Waals surface area contributed by atoms with Gasteiger partial charge in [-0.15, -0.1) is 0 Å². The number of nitrogens with zero attached hydrogens (tertiary/aromatic N) is 2. The van der Waals surface area contributed by atoms with Gasteiger partial charge in [-0.05, 0) is 37.6 Å². The van der Waals surface area contributed by atoms with Crippen molar-refractivity contribution in [1.29, 1.82) is 0 Å². The average Bonchev–Trinajstić information content (AvgIpc) is 2.53. The zero-order valence-corrected chi connectivity index (χ0v) is 12.7. The van der Waals surface area contributed by atoms with E-state index >= 15 is 0 Å². The highest BCUT2D eigenvalue weighted by molar-refractivity contribution is 5.79. The topological polar surface area (TPSA) is 51.4 Å². The first-order chi connectivity index (χ1) is 10.1. The van der Waals surface area contributed by atoms with Gasteiger partial charge in [0.05, 0.1) is 24.3 Å². The van der Waals surface area contributed by atoms with Crippen molar-refractivity contribution < 1.29 is 4.74 Å². The molecule has 2 heterocycles. The van der Waals surface area contributed by atoms with Gasteiger partial charge in [0.15, 0.2) is 0 Å². The Kier molecular flexibility index (Phi) is 4.19. The number of fused-ring (bicyclic) bond motifs is 1. The number of rotatable bonds is 3. The Hall–Kier alpha value is -1.49. The van der Waals surface area contributed by atoms with Crippen molar-refractivity contribution in [3.63, 3.8) is 0 Å². The Labute approximate surface area is 125 Å². The van der Waals surface area contributed by atoms with Crippen molar-refractivity contribution in [3.05, 3.63) is 42.1 Å². The van der Waals surface area contributed by atoms with Crippen LogP contribution in [0.2, 0.25) is 0 Å². The van der Waals surface area contributed by atoms with Gasteiger partial charge in [0, 0.05) is 30.7 Å². The van der Waals surface area contributed by atoms with Crippen LogP contribution in [0.1, 0.15) is 25.5 Å². The van der Waals surface area contributed by atoms with E-state index in [1.807, 2.05) is 18.3 Å². The van der Waals surface area contributed by atoms with Crippen molar-refractivity contribution in [1.82, 2.24) is 9.88 Å². The second-order valence-electron chi connectivity index (χ2n) is 5.98. The summed E-state index contributed by atoms with van der Waals surface area (Å²) < 4.78 is 5.90. The number of aromatic nitrogens is 1. The summed E-state index contributed by atoms with van der Waals surface area (Å²) in [6.45, 7) is 7.07. The maximum Gasteiger partial charge on any atom is 0.0894 e. The molecule has 4 nitrogen and oxygen atoms in total. The fourth-order valence-corrected chi connectivity index (χ4v) is 2.90. The van der Waals surface area contributed by atoms with Gasteiger partial charge >= 0.3 is 0 Å². The van der Waals surface area contributed by atoms with Crippen LogP contribution >= 0.6 is 0 Å². The summed E-state index contributed by atoms with van der Waals surface area (Å²) in [5.41, 5.74) is 8.57. The van der Waals surface area contributed by atoms with E-state index in [9.17, 15) is 0 Å². The predicted molar refractivity (Wildman–Crippen MR) is 85.1 cm³/mol. The number of pyridine rings is 1. The maximum atomic E-state index is 6.45. The molecular formula is C17H23N3O. The summed E-state index contributed by atoms with van der Waals surface area (Å²) in [5.74, 6) is 0. The Bertz CT molecular complexity index is 614. The van der Waals surface area contributed by atoms with Gasteiger partial charge in [-0.25, -0.2) is 0 Å². The Morgan fingerprint density at radius 1 is 1.33 bits per heavy atom. The second kappa shape index (κ2) is 6.10. The van der Waals surface area contributed by atoms with Crippen molar-refractivity contribution in [2.75, 3.05) is 19.7 Å². The molecule has 3 rings (SSSR count). The Morgan fingerprint density at radius 2 is 2.19 bits per heavy atom. The number of hydrogen-bond donors (Lipinski definition) is 1. The zero-order chi connectivity index (χ0) is 14.8. The van der Waals surface area contributed by atoms with E-state index in [0.29, 0.717) is 6.04 Å². The number of morpholine rings is 1. The fraction of sp³-hybridized carbons (Fsp3) is 0.471. The van der Waals surface area contributed by atoms with E-state index in [4.69, 9.17) is 10.5 Å². The molecule has 2 N–H and O–H groups in total. The first-order valence-electron chi connectivity index (χ1n) is 7.61. The molecular weight excluding hydrogens is 262 g/mol. The van der Waals surface area contributed by atoms with E-state index in [1.54, 1.807) is 0 Å². The monoisotopic (exact) mass is 285 g/mol. The molecule has 0 amide bonds. The fourth-order valence-electron chi connectivity index (χ4n) is 2.90. The quantitative estimate of drug-likeness (QED) is 0.940. The van der Waals surface area contributed by atoms with Crippen LogP contribution in [0.15, 0.2) is 36.5 Å². The predicted octanol–water partition coefficient (Wildman–Crippen LogP) is 2.34. The number of nitrogens with two attached hydrogens (primary N) is 1. The third-order valence-corrected chi connectivity index (χ3v) is 4.27. The second-order valence-corrected chi connectivity index (χ2v) is 5.98. The smallest absolute Gasteiger partial charge is 0.0894 e. The number of ether oxygens (including phenoxy) is 1. The molecule has 2 atom stereocenters. The Morgan fingerprint density at radius 3 is 3.00 bits per heavy atom. The van der Waals surface area contributed by atoms with Crippen LogP contribution in [-0.2, 0) is 4.74 Å². The van der Waals surface area contributed by atoms with Crippen molar-refractivity contribution >= 4 is 10.9 Å². The Balaban J connectivity index is 1.81. The van der Waals surface area contributed by atoms with Crippen LogP contribution in [0.4, 0.5) is 0 Å². The van der Waals surface area contributed by atoms with E-state index < -0.39 is 0 Å². The minimum Gasteiger partial charge on any atom is -0.374 e. The van der Waals surface area contributed by atoms with Gasteiger partial charge in [-0.3, -0.25) is 9.88 Å². The first kappa shape index (κ1) is 14.4. The maximum absolute atomic E-state index is 6.45. The lowest BCUT2D eigenvalue weighted by Gasteiger charge is -2.38. The molecule has 4 heteroatoms. The minimum absolute atomic E-state index is 0.0512. The summed E-state index contributed by atoms with van der Waals surface area (Å²) in [7, 11) is 0. The summed E-state index contributed by atoms with van der Waals surface area (Å²) in [6.07, 6.45) is 1.86. The third-order valence-electron chi connectivity index (χ3n) is 4.27. The molecule has 1 aliphatic heterocycles. The van der Waals surface area contributed by atoms with Gasteiger partial charge in [0.1, 0.15) is 0 Å². The lowest BCUT2D eigenvalue weighted by molar-refractivity contribution is -0.0502. The highest BCUT2D eigenvalue weighted by Crippen LogP contribution is 2.24. The van der Waals surface area contributed by atoms with E-state index in [2.05, 4.69) is 41.9 Å². The molecule has 2 aromatic rings. The molecule has 1 fully saturated rings. The molecule has 1 aliphatic rings. The van der Waals surface area contributed by atoms with Gasteiger partial charge < -0.3 is 10.5 Å². The molecule has 0 aliphatic carbocycles. The largest absolute Gasteiger partial charge is 0.374 e. The van der Waals surface area contributed by atoms with Crippen LogP contribution in [0.5, 0.6) is 0 Å². The molecule has 112 valence electrons. The van der Waals surface area contributed by atoms with E-state index in [1.165, 1.54) is 0 Å². The SMILES string of the molecule is CC(C)N1CCOC(C(N)c2ccc3ncccc3c2)C1. The van der Waals surface area contributed by atoms with Crippen LogP contribution < -0.4 is 5.73 Å². The molecule has 0 radical (unpaired) electrons. The van der Waals surface area contributed by atoms with Crippen molar-refractivity contribution in [2.45, 2.75) is 32.0 Å². The van der Waals surface area contributed by atoms with Crippen LogP contribution in [0.25, 0.3) is 10.9 Å². The molecule has 1 aromatic heterocycles. The molecule has 0 saturated carbocycles. The summed E-state index contributed by atoms with van der Waals surface area (Å²) >= 11 is 0. The third kappa shape index (κ3) is 3.07. The molecule has 2 unspecified atom stereocenters. The summed E-state index contributed by atoms with van der Waals surface area (Å²) in [4.78, 5) is 6.78. The molecule has 1 aromatic carbocycles. The highest BCUT2D eigenvalue weighted by Gasteiger charge is 2.28. The van der Waals surface area contributed by atoms with Crippen LogP contribution in [-0.4, -0.2) is 41.7 Å². The van der Waals surface area contributed by atoms with E-state index in [0.717, 1.165) is 36.2 Å². The molecule has 1 saturated heterocycles. The minimum atomic E-state index is -0.101. The van der Waals surface area contributed by atoms with Gasteiger partial charge in [0.2, 0.25) is 0 Å². The van der Waals surface area contributed by atoms with E-state index in [-0.39, 0.29) is 12.1 Å². The molecule has 0 spiro atoms. The number of benzene rings is 1. The lowest BCUT2D eigenvalue weighted by Crippen LogP contribution is -2.49. The van der Waals surface area contributed by atoms with Gasteiger partial charge in [-0.1, -0.05) is 12.1 Å². The summed E-state index contributed by atoms with van der Waals surface area (Å²) in [6, 6.07) is 10.7. The van der Waals surface area contributed by atoms with Crippen LogP contribution in [0, 0.1) is 0 Å². The lowest BCUT2D eigenvalue weighted by atomic mass is 9.99. The normalized spacial score (nSPS) is 21.8. The standard InChI is InChI=1S/C17H23N3O/c1-12(2)20-8-9-21-16(11-20)17(18)14-5-6-15-13(10-14)4-3-7-19-15/h3-7,10,12,16-17H,8-9,11,18H2,1-2H3. The summed E-state index contributed by atoms with van der Waals surface area (Å²) in [5, 5.41) is 1.13. The number of hydrogen-bond acceptors (Lipinski definition) is 4.